The highest BCUT2D eigenvalue weighted by molar-refractivity contribution is 7.26. The van der Waals surface area contributed by atoms with Crippen molar-refractivity contribution < 1.29 is 0 Å². The smallest absolute Gasteiger partial charge is 0.252 e. The summed E-state index contributed by atoms with van der Waals surface area (Å²) in [7, 11) is 0. The Labute approximate surface area is 378 Å². The minimum absolute atomic E-state index is 0.0514. The Morgan fingerprint density at radius 1 is 0.444 bits per heavy atom. The van der Waals surface area contributed by atoms with Crippen molar-refractivity contribution in [3.8, 4) is 11.1 Å². The van der Waals surface area contributed by atoms with Gasteiger partial charge in [-0.2, -0.15) is 0 Å². The molecule has 0 fully saturated rings. The molecule has 4 heteroatoms. The third-order valence-corrected chi connectivity index (χ3v) is 17.1. The molecule has 4 aliphatic rings. The van der Waals surface area contributed by atoms with Crippen LogP contribution in [0.1, 0.15) is 109 Å². The first kappa shape index (κ1) is 39.0. The van der Waals surface area contributed by atoms with E-state index < -0.39 is 0 Å². The number of hydrogen-bond acceptors (Lipinski definition) is 3. The Kier molecular flexibility index (Phi) is 8.21. The largest absolute Gasteiger partial charge is 0.311 e. The van der Waals surface area contributed by atoms with Gasteiger partial charge in [0.1, 0.15) is 0 Å². The van der Waals surface area contributed by atoms with Gasteiger partial charge < -0.3 is 9.80 Å². The van der Waals surface area contributed by atoms with E-state index in [9.17, 15) is 0 Å². The fraction of sp³-hybridized carbons (Fsp3) is 0.288. The summed E-state index contributed by atoms with van der Waals surface area (Å²) in [4.78, 5) is 5.34. The second-order valence-electron chi connectivity index (χ2n) is 21.9. The van der Waals surface area contributed by atoms with Crippen LogP contribution in [0.3, 0.4) is 0 Å². The van der Waals surface area contributed by atoms with E-state index in [0.717, 1.165) is 0 Å². The molecular formula is C59H57BN2S. The van der Waals surface area contributed by atoms with E-state index in [4.69, 9.17) is 0 Å². The van der Waals surface area contributed by atoms with E-state index in [2.05, 4.69) is 206 Å². The topological polar surface area (TPSA) is 6.48 Å². The van der Waals surface area contributed by atoms with Gasteiger partial charge in [-0.1, -0.05) is 134 Å². The van der Waals surface area contributed by atoms with Crippen molar-refractivity contribution in [2.45, 2.75) is 110 Å². The second-order valence-corrected chi connectivity index (χ2v) is 23.0. The van der Waals surface area contributed by atoms with Crippen LogP contribution in [0.2, 0.25) is 0 Å². The molecule has 312 valence electrons. The predicted octanol–water partition coefficient (Wildman–Crippen LogP) is 14.8. The summed E-state index contributed by atoms with van der Waals surface area (Å²) in [6.07, 6.45) is 4.75. The van der Waals surface area contributed by atoms with E-state index in [0.29, 0.717) is 0 Å². The van der Waals surface area contributed by atoms with Gasteiger partial charge in [-0.15, -0.1) is 11.3 Å². The van der Waals surface area contributed by atoms with Crippen molar-refractivity contribution >= 4 is 88.7 Å². The maximum absolute atomic E-state index is 2.69. The number of hydrogen-bond donors (Lipinski definition) is 0. The molecule has 0 bridgehead atoms. The van der Waals surface area contributed by atoms with Crippen molar-refractivity contribution in [1.82, 2.24) is 0 Å². The van der Waals surface area contributed by atoms with Gasteiger partial charge in [0, 0.05) is 48.6 Å². The Morgan fingerprint density at radius 3 is 1.78 bits per heavy atom. The van der Waals surface area contributed by atoms with E-state index in [-0.39, 0.29) is 28.4 Å². The van der Waals surface area contributed by atoms with Crippen LogP contribution in [0.15, 0.2) is 133 Å². The van der Waals surface area contributed by atoms with Crippen molar-refractivity contribution in [2.75, 3.05) is 9.80 Å². The highest BCUT2D eigenvalue weighted by Crippen LogP contribution is 2.53. The summed E-state index contributed by atoms with van der Waals surface area (Å²) in [6, 6.07) is 52.1. The summed E-state index contributed by atoms with van der Waals surface area (Å²) in [5, 5.41) is 2.65. The van der Waals surface area contributed by atoms with Crippen LogP contribution in [-0.2, 0) is 21.7 Å². The van der Waals surface area contributed by atoms with Crippen LogP contribution in [0.25, 0.3) is 31.3 Å². The molecular weight excluding hydrogens is 780 g/mol. The zero-order valence-electron chi connectivity index (χ0n) is 38.4. The summed E-state index contributed by atoms with van der Waals surface area (Å²) >= 11 is 1.90. The monoisotopic (exact) mass is 836 g/mol. The Balaban J connectivity index is 1.21. The first-order valence-electron chi connectivity index (χ1n) is 23.3. The van der Waals surface area contributed by atoms with Gasteiger partial charge >= 0.3 is 0 Å². The molecule has 2 nitrogen and oxygen atoms in total. The maximum Gasteiger partial charge on any atom is 0.252 e. The van der Waals surface area contributed by atoms with Crippen LogP contribution in [-0.4, -0.2) is 6.71 Å². The summed E-state index contributed by atoms with van der Waals surface area (Å²) in [6.45, 7) is 22.1. The van der Waals surface area contributed by atoms with Gasteiger partial charge in [0.2, 0.25) is 0 Å². The van der Waals surface area contributed by atoms with Crippen LogP contribution >= 0.6 is 11.3 Å². The van der Waals surface area contributed by atoms with E-state index >= 15 is 0 Å². The van der Waals surface area contributed by atoms with Crippen molar-refractivity contribution in [3.63, 3.8) is 0 Å². The van der Waals surface area contributed by atoms with E-state index in [1.54, 1.807) is 0 Å². The second kappa shape index (κ2) is 13.2. The van der Waals surface area contributed by atoms with Crippen LogP contribution < -0.4 is 26.2 Å². The number of anilines is 6. The van der Waals surface area contributed by atoms with Gasteiger partial charge in [-0.3, -0.25) is 0 Å². The average molecular weight is 837 g/mol. The Bertz CT molecular complexity index is 3220. The summed E-state index contributed by atoms with van der Waals surface area (Å²) in [5.41, 5.74) is 22.0. The molecule has 0 saturated carbocycles. The molecule has 7 aromatic carbocycles. The van der Waals surface area contributed by atoms with Crippen molar-refractivity contribution in [3.05, 3.63) is 161 Å². The van der Waals surface area contributed by atoms with Crippen LogP contribution in [0.4, 0.5) is 34.1 Å². The number of fused-ring (bicyclic) bond motifs is 9. The summed E-state index contributed by atoms with van der Waals surface area (Å²) < 4.78 is 2.65. The molecule has 2 aliphatic carbocycles. The lowest BCUT2D eigenvalue weighted by Gasteiger charge is -2.48. The fourth-order valence-electron chi connectivity index (χ4n) is 12.2. The highest BCUT2D eigenvalue weighted by Gasteiger charge is 2.47. The zero-order valence-corrected chi connectivity index (χ0v) is 39.2. The molecule has 0 saturated heterocycles. The fourth-order valence-corrected chi connectivity index (χ4v) is 13.3. The number of rotatable bonds is 3. The molecule has 12 rings (SSSR count). The third-order valence-electron chi connectivity index (χ3n) is 16.0. The molecule has 0 radical (unpaired) electrons. The molecule has 2 aliphatic heterocycles. The van der Waals surface area contributed by atoms with Gasteiger partial charge in [0.05, 0.1) is 5.69 Å². The quantitative estimate of drug-likeness (QED) is 0.164. The molecule has 0 N–H and O–H groups in total. The van der Waals surface area contributed by atoms with Gasteiger partial charge in [-0.05, 0) is 164 Å². The molecule has 63 heavy (non-hydrogen) atoms. The highest BCUT2D eigenvalue weighted by atomic mass is 32.1. The number of thiophene rings is 1. The molecule has 0 unspecified atom stereocenters. The first-order chi connectivity index (χ1) is 30.1. The lowest BCUT2D eigenvalue weighted by molar-refractivity contribution is 0.332. The minimum Gasteiger partial charge on any atom is -0.311 e. The lowest BCUT2D eigenvalue weighted by atomic mass is 9.33. The molecule has 8 aromatic rings. The predicted molar refractivity (Wildman–Crippen MR) is 274 cm³/mol. The molecule has 0 atom stereocenters. The third kappa shape index (κ3) is 5.69. The van der Waals surface area contributed by atoms with Crippen LogP contribution in [0, 0.1) is 6.92 Å². The summed E-state index contributed by atoms with van der Waals surface area (Å²) in [5.74, 6) is 0. The number of nitrogens with zero attached hydrogens (tertiary/aromatic N) is 2. The first-order valence-corrected chi connectivity index (χ1v) is 24.1. The van der Waals surface area contributed by atoms with E-state index in [1.165, 1.54) is 135 Å². The van der Waals surface area contributed by atoms with Gasteiger partial charge in [0.15, 0.2) is 0 Å². The zero-order chi connectivity index (χ0) is 43.4. The van der Waals surface area contributed by atoms with E-state index in [1.807, 2.05) is 11.3 Å². The van der Waals surface area contributed by atoms with Crippen molar-refractivity contribution in [1.29, 1.82) is 0 Å². The molecule has 1 aromatic heterocycles. The van der Waals surface area contributed by atoms with Crippen molar-refractivity contribution in [2.24, 2.45) is 0 Å². The molecule has 0 spiro atoms. The standard InChI is InChI=1S/C59H57BN2S/c1-36-30-50-55-51(31-36)62(47-19-15-21-53-54(47)40-18-13-14-20-52(40)63-53)48-32-38(37-16-11-10-12-17-37)22-25-45(48)60(55)46-34-43-44(59(8,9)29-28-58(43,6)7)35-49(46)61(50)39-23-24-41-42(33-39)57(4,5)27-26-56(41,2)3/h10-25,30-35H,26-29H2,1-9H3. The maximum atomic E-state index is 2.69. The Morgan fingerprint density at radius 2 is 1.05 bits per heavy atom. The van der Waals surface area contributed by atoms with Gasteiger partial charge in [0.25, 0.3) is 6.71 Å². The average Bonchev–Trinajstić information content (AvgIpc) is 3.66. The number of aryl methyl sites for hydroxylation is 1. The lowest BCUT2D eigenvalue weighted by Crippen LogP contribution is -2.62. The van der Waals surface area contributed by atoms with Gasteiger partial charge in [-0.25, -0.2) is 0 Å². The Hall–Kier alpha value is -5.58. The molecule has 0 amide bonds. The minimum atomic E-state index is 0.0514. The SMILES string of the molecule is Cc1cc2c3c(c1)N(c1cccc4sc5ccccc5c14)c1cc(-c4ccccc4)ccc1B3c1cc3c(cc1N2c1ccc2c(c1)C(C)(C)CCC2(C)C)C(C)(C)CCC3(C)C. The van der Waals surface area contributed by atoms with Crippen LogP contribution in [0.5, 0.6) is 0 Å². The molecule has 3 heterocycles. The normalized spacial score (nSPS) is 18.4. The number of benzene rings is 7.